The van der Waals surface area contributed by atoms with Gasteiger partial charge in [0.05, 0.1) is 7.11 Å². The van der Waals surface area contributed by atoms with Gasteiger partial charge in [0, 0.05) is 44.0 Å². The molecular formula is C18H19BrN2O3. The van der Waals surface area contributed by atoms with E-state index in [1.807, 2.05) is 29.2 Å². The summed E-state index contributed by atoms with van der Waals surface area (Å²) in [5.41, 5.74) is 1.12. The van der Waals surface area contributed by atoms with Crippen molar-refractivity contribution < 1.29 is 13.9 Å². The third-order valence-corrected chi connectivity index (χ3v) is 4.42. The molecule has 6 heteroatoms. The van der Waals surface area contributed by atoms with Crippen LogP contribution in [0.3, 0.4) is 0 Å². The molecule has 1 aromatic carbocycles. The second kappa shape index (κ2) is 7.57. The second-order valence-electron chi connectivity index (χ2n) is 5.49. The van der Waals surface area contributed by atoms with Crippen LogP contribution < -0.4 is 9.64 Å². The molecule has 0 radical (unpaired) electrons. The van der Waals surface area contributed by atoms with E-state index in [4.69, 9.17) is 9.15 Å². The minimum Gasteiger partial charge on any atom is -0.497 e. The number of carbonyl (C=O) groups is 1. The van der Waals surface area contributed by atoms with Crippen molar-refractivity contribution in [3.05, 3.63) is 52.9 Å². The van der Waals surface area contributed by atoms with Gasteiger partial charge in [-0.2, -0.15) is 0 Å². The van der Waals surface area contributed by atoms with Gasteiger partial charge in [-0.15, -0.1) is 0 Å². The van der Waals surface area contributed by atoms with Crippen LogP contribution in [0.4, 0.5) is 5.69 Å². The molecule has 2 heterocycles. The third kappa shape index (κ3) is 4.00. The first-order valence-corrected chi connectivity index (χ1v) is 8.56. The minimum absolute atomic E-state index is 0.00724. The summed E-state index contributed by atoms with van der Waals surface area (Å²) in [5.74, 6) is 1.51. The lowest BCUT2D eigenvalue weighted by Crippen LogP contribution is -2.48. The summed E-state index contributed by atoms with van der Waals surface area (Å²) in [6, 6.07) is 11.6. The molecule has 1 amide bonds. The number of rotatable bonds is 4. The molecule has 1 aliphatic rings. The zero-order valence-corrected chi connectivity index (χ0v) is 15.0. The summed E-state index contributed by atoms with van der Waals surface area (Å²) in [5, 5.41) is 0. The van der Waals surface area contributed by atoms with Crippen LogP contribution in [0.5, 0.6) is 5.75 Å². The predicted molar refractivity (Wildman–Crippen MR) is 97.2 cm³/mol. The zero-order chi connectivity index (χ0) is 16.9. The van der Waals surface area contributed by atoms with Crippen LogP contribution in [0, 0.1) is 0 Å². The number of hydrogen-bond acceptors (Lipinski definition) is 4. The lowest BCUT2D eigenvalue weighted by molar-refractivity contribution is -0.126. The largest absolute Gasteiger partial charge is 0.497 e. The average Bonchev–Trinajstić information content (AvgIpc) is 3.05. The van der Waals surface area contributed by atoms with Crippen molar-refractivity contribution in [1.82, 2.24) is 4.90 Å². The molecule has 3 rings (SSSR count). The first kappa shape index (κ1) is 16.6. The Kier molecular flexibility index (Phi) is 5.25. The summed E-state index contributed by atoms with van der Waals surface area (Å²) in [6.45, 7) is 3.00. The van der Waals surface area contributed by atoms with Crippen LogP contribution in [-0.4, -0.2) is 44.1 Å². The monoisotopic (exact) mass is 390 g/mol. The van der Waals surface area contributed by atoms with E-state index in [0.717, 1.165) is 24.5 Å². The Morgan fingerprint density at radius 1 is 1.21 bits per heavy atom. The van der Waals surface area contributed by atoms with Crippen LogP contribution in [0.2, 0.25) is 0 Å². The predicted octanol–water partition coefficient (Wildman–Crippen LogP) is 3.41. The Morgan fingerprint density at radius 2 is 2.00 bits per heavy atom. The van der Waals surface area contributed by atoms with Crippen LogP contribution in [0.15, 0.2) is 51.6 Å². The van der Waals surface area contributed by atoms with Crippen molar-refractivity contribution in [3.63, 3.8) is 0 Å². The van der Waals surface area contributed by atoms with E-state index in [2.05, 4.69) is 26.9 Å². The number of ether oxygens (including phenoxy) is 1. The SMILES string of the molecule is COc1cccc(N2CCN(C(=O)/C=C/c3ccc(Br)o3)CC2)c1. The topological polar surface area (TPSA) is 45.9 Å². The number of hydrogen-bond donors (Lipinski definition) is 0. The maximum Gasteiger partial charge on any atom is 0.246 e. The van der Waals surface area contributed by atoms with Gasteiger partial charge in [-0.05, 0) is 46.3 Å². The van der Waals surface area contributed by atoms with Crippen molar-refractivity contribution in [1.29, 1.82) is 0 Å². The van der Waals surface area contributed by atoms with E-state index < -0.39 is 0 Å². The molecule has 24 heavy (non-hydrogen) atoms. The van der Waals surface area contributed by atoms with Gasteiger partial charge in [-0.1, -0.05) is 6.07 Å². The fraction of sp³-hybridized carbons (Fsp3) is 0.278. The number of furan rings is 1. The normalized spacial score (nSPS) is 15.1. The molecule has 5 nitrogen and oxygen atoms in total. The molecule has 0 saturated carbocycles. The average molecular weight is 391 g/mol. The molecule has 0 spiro atoms. The van der Waals surface area contributed by atoms with E-state index in [1.165, 1.54) is 0 Å². The zero-order valence-electron chi connectivity index (χ0n) is 13.4. The van der Waals surface area contributed by atoms with Gasteiger partial charge in [0.15, 0.2) is 4.67 Å². The van der Waals surface area contributed by atoms with E-state index in [-0.39, 0.29) is 5.91 Å². The highest BCUT2D eigenvalue weighted by Crippen LogP contribution is 2.22. The van der Waals surface area contributed by atoms with E-state index in [0.29, 0.717) is 23.5 Å². The first-order chi connectivity index (χ1) is 11.7. The van der Waals surface area contributed by atoms with Gasteiger partial charge >= 0.3 is 0 Å². The van der Waals surface area contributed by atoms with Gasteiger partial charge in [0.25, 0.3) is 0 Å². The number of amides is 1. The molecule has 0 atom stereocenters. The Hall–Kier alpha value is -2.21. The van der Waals surface area contributed by atoms with Gasteiger partial charge in [0.2, 0.25) is 5.91 Å². The molecule has 1 aromatic heterocycles. The highest BCUT2D eigenvalue weighted by Gasteiger charge is 2.20. The third-order valence-electron chi connectivity index (χ3n) is 3.99. The van der Waals surface area contributed by atoms with Crippen molar-refractivity contribution in [3.8, 4) is 5.75 Å². The van der Waals surface area contributed by atoms with Crippen molar-refractivity contribution in [2.45, 2.75) is 0 Å². The number of piperazine rings is 1. The van der Waals surface area contributed by atoms with Crippen molar-refractivity contribution in [2.75, 3.05) is 38.2 Å². The van der Waals surface area contributed by atoms with Gasteiger partial charge < -0.3 is 19.0 Å². The Balaban J connectivity index is 1.56. The molecule has 126 valence electrons. The van der Waals surface area contributed by atoms with Gasteiger partial charge in [0.1, 0.15) is 11.5 Å². The Morgan fingerprint density at radius 3 is 2.67 bits per heavy atom. The quantitative estimate of drug-likeness (QED) is 0.750. The summed E-state index contributed by atoms with van der Waals surface area (Å²) in [7, 11) is 1.67. The standard InChI is InChI=1S/C18H19BrN2O3/c1-23-16-4-2-3-14(13-16)20-9-11-21(12-10-20)18(22)8-6-15-5-7-17(19)24-15/h2-8,13H,9-12H2,1H3/b8-6+. The first-order valence-electron chi connectivity index (χ1n) is 7.77. The molecule has 0 N–H and O–H groups in total. The minimum atomic E-state index is 0.00724. The fourth-order valence-electron chi connectivity index (χ4n) is 2.67. The van der Waals surface area contributed by atoms with E-state index >= 15 is 0 Å². The summed E-state index contributed by atoms with van der Waals surface area (Å²) in [6.07, 6.45) is 3.26. The summed E-state index contributed by atoms with van der Waals surface area (Å²) < 4.78 is 11.3. The Labute approximate surface area is 149 Å². The maximum absolute atomic E-state index is 12.3. The molecule has 0 unspecified atom stereocenters. The number of benzene rings is 1. The molecule has 1 aliphatic heterocycles. The van der Waals surface area contributed by atoms with Crippen molar-refractivity contribution >= 4 is 33.6 Å². The lowest BCUT2D eigenvalue weighted by atomic mass is 10.2. The van der Waals surface area contributed by atoms with Crippen LogP contribution in [-0.2, 0) is 4.79 Å². The molecular weight excluding hydrogens is 372 g/mol. The van der Waals surface area contributed by atoms with Crippen LogP contribution in [0.25, 0.3) is 6.08 Å². The number of nitrogens with zero attached hydrogens (tertiary/aromatic N) is 2. The van der Waals surface area contributed by atoms with Crippen LogP contribution in [0.1, 0.15) is 5.76 Å². The van der Waals surface area contributed by atoms with E-state index in [9.17, 15) is 4.79 Å². The fourth-order valence-corrected chi connectivity index (χ4v) is 2.99. The molecule has 1 saturated heterocycles. The number of carbonyl (C=O) groups excluding carboxylic acids is 1. The van der Waals surface area contributed by atoms with Gasteiger partial charge in [-0.25, -0.2) is 0 Å². The van der Waals surface area contributed by atoms with Crippen molar-refractivity contribution in [2.24, 2.45) is 0 Å². The molecule has 1 fully saturated rings. The number of methoxy groups -OCH3 is 1. The maximum atomic E-state index is 12.3. The summed E-state index contributed by atoms with van der Waals surface area (Å²) >= 11 is 3.24. The smallest absolute Gasteiger partial charge is 0.246 e. The highest BCUT2D eigenvalue weighted by atomic mass is 79.9. The van der Waals surface area contributed by atoms with Crippen LogP contribution >= 0.6 is 15.9 Å². The molecule has 2 aromatic rings. The molecule has 0 bridgehead atoms. The summed E-state index contributed by atoms with van der Waals surface area (Å²) in [4.78, 5) is 16.4. The lowest BCUT2D eigenvalue weighted by Gasteiger charge is -2.35. The number of halogens is 1. The van der Waals surface area contributed by atoms with Gasteiger partial charge in [-0.3, -0.25) is 4.79 Å². The highest BCUT2D eigenvalue weighted by molar-refractivity contribution is 9.10. The second-order valence-corrected chi connectivity index (χ2v) is 6.27. The van der Waals surface area contributed by atoms with E-state index in [1.54, 1.807) is 25.3 Å². The molecule has 0 aliphatic carbocycles. The Bertz CT molecular complexity index is 733. The number of anilines is 1.